The van der Waals surface area contributed by atoms with Crippen LogP contribution in [0.4, 0.5) is 0 Å². The van der Waals surface area contributed by atoms with E-state index in [2.05, 4.69) is 0 Å². The van der Waals surface area contributed by atoms with Gasteiger partial charge in [0.05, 0.1) is 11.9 Å². The minimum Gasteiger partial charge on any atom is -0.545 e. The number of rotatable bonds is 3. The van der Waals surface area contributed by atoms with Crippen molar-refractivity contribution in [3.05, 3.63) is 11.6 Å². The molecule has 1 atom stereocenters. The summed E-state index contributed by atoms with van der Waals surface area (Å²) in [5, 5.41) is 20.9. The van der Waals surface area contributed by atoms with E-state index in [0.717, 1.165) is 0 Å². The molecule has 0 aromatic heterocycles. The van der Waals surface area contributed by atoms with Crippen LogP contribution in [-0.4, -0.2) is 11.9 Å². The van der Waals surface area contributed by atoms with Crippen LogP contribution >= 0.6 is 0 Å². The van der Waals surface area contributed by atoms with Gasteiger partial charge in [0, 0.05) is 0 Å². The predicted octanol–water partition coefficient (Wildman–Crippen LogP) is -0.905. The van der Waals surface area contributed by atoms with Gasteiger partial charge < -0.3 is 19.8 Å². The highest BCUT2D eigenvalue weighted by molar-refractivity contribution is 5.93. The molecule has 4 heteroatoms. The average molecular weight is 198 g/mol. The molecule has 0 spiro atoms. The summed E-state index contributed by atoms with van der Waals surface area (Å²) in [5.41, 5.74) is -0.570. The first-order valence-corrected chi connectivity index (χ1v) is 4.30. The molecule has 0 radical (unpaired) electrons. The number of carbonyl (C=O) groups excluding carboxylic acids is 2. The highest BCUT2D eigenvalue weighted by Crippen LogP contribution is 2.30. The lowest BCUT2D eigenvalue weighted by molar-refractivity contribution is -0.303. The summed E-state index contributed by atoms with van der Waals surface area (Å²) < 4.78 is 0. The van der Waals surface area contributed by atoms with Crippen molar-refractivity contribution in [3.8, 4) is 0 Å². The van der Waals surface area contributed by atoms with Gasteiger partial charge >= 0.3 is 0 Å². The quantitative estimate of drug-likeness (QED) is 0.550. The molecule has 0 aromatic rings. The van der Waals surface area contributed by atoms with Gasteiger partial charge in [-0.25, -0.2) is 0 Å². The Morgan fingerprint density at radius 3 is 1.86 bits per heavy atom. The van der Waals surface area contributed by atoms with E-state index in [4.69, 9.17) is 0 Å². The highest BCUT2D eigenvalue weighted by Gasteiger charge is 2.24. The van der Waals surface area contributed by atoms with Crippen LogP contribution in [-0.2, 0) is 9.59 Å². The van der Waals surface area contributed by atoms with Crippen molar-refractivity contribution in [1.29, 1.82) is 0 Å². The summed E-state index contributed by atoms with van der Waals surface area (Å²) in [5.74, 6) is -3.39. The van der Waals surface area contributed by atoms with E-state index >= 15 is 0 Å². The molecular formula is C10H14O4-2. The van der Waals surface area contributed by atoms with Crippen molar-refractivity contribution in [2.45, 2.75) is 27.7 Å². The van der Waals surface area contributed by atoms with Crippen molar-refractivity contribution >= 4 is 11.9 Å². The number of aliphatic carboxylic acids is 2. The van der Waals surface area contributed by atoms with Gasteiger partial charge in [-0.2, -0.15) is 0 Å². The second kappa shape index (κ2) is 4.26. The fourth-order valence-corrected chi connectivity index (χ4v) is 0.954. The van der Waals surface area contributed by atoms with Gasteiger partial charge in [0.2, 0.25) is 0 Å². The van der Waals surface area contributed by atoms with Crippen LogP contribution in [0, 0.1) is 11.3 Å². The number of carboxylic acids is 2. The molecule has 0 aliphatic rings. The maximum Gasteiger partial charge on any atom is 0.0678 e. The van der Waals surface area contributed by atoms with Gasteiger partial charge in [-0.1, -0.05) is 27.7 Å². The summed E-state index contributed by atoms with van der Waals surface area (Å²) >= 11 is 0. The molecule has 0 amide bonds. The van der Waals surface area contributed by atoms with Crippen LogP contribution in [0.5, 0.6) is 0 Å². The summed E-state index contributed by atoms with van der Waals surface area (Å²) in [6.07, 6.45) is 0.589. The maximum atomic E-state index is 10.7. The van der Waals surface area contributed by atoms with Crippen molar-refractivity contribution in [1.82, 2.24) is 0 Å². The van der Waals surface area contributed by atoms with Crippen molar-refractivity contribution in [3.63, 3.8) is 0 Å². The van der Waals surface area contributed by atoms with Crippen LogP contribution in [0.1, 0.15) is 27.7 Å². The third-order valence-corrected chi connectivity index (χ3v) is 2.27. The zero-order valence-electron chi connectivity index (χ0n) is 8.79. The van der Waals surface area contributed by atoms with Gasteiger partial charge in [0.1, 0.15) is 0 Å². The average Bonchev–Trinajstić information content (AvgIpc) is 1.96. The first-order chi connectivity index (χ1) is 6.16. The van der Waals surface area contributed by atoms with Gasteiger partial charge in [0.15, 0.2) is 0 Å². The molecule has 0 saturated carbocycles. The molecular weight excluding hydrogens is 184 g/mol. The monoisotopic (exact) mass is 198 g/mol. The summed E-state index contributed by atoms with van der Waals surface area (Å²) in [7, 11) is 0. The van der Waals surface area contributed by atoms with Crippen LogP contribution in [0.15, 0.2) is 11.6 Å². The standard InChI is InChI=1S/C10H16O4/c1-6(10(2,3)4)7(9(13)14)5-8(11)12/h5-6H,1-4H3,(H,11,12)(H,13,14)/p-2/b7-5+. The lowest BCUT2D eigenvalue weighted by Gasteiger charge is -2.30. The van der Waals surface area contributed by atoms with Gasteiger partial charge in [-0.15, -0.1) is 0 Å². The Balaban J connectivity index is 5.05. The Bertz CT molecular complexity index is 270. The fraction of sp³-hybridized carbons (Fsp3) is 0.600. The topological polar surface area (TPSA) is 80.3 Å². The number of hydrogen-bond donors (Lipinski definition) is 0. The minimum absolute atomic E-state index is 0.238. The Kier molecular flexibility index (Phi) is 3.86. The Morgan fingerprint density at radius 2 is 1.64 bits per heavy atom. The second-order valence-electron chi connectivity index (χ2n) is 4.29. The number of hydrogen-bond acceptors (Lipinski definition) is 4. The normalized spacial score (nSPS) is 15.0. The van der Waals surface area contributed by atoms with E-state index in [-0.39, 0.29) is 11.0 Å². The largest absolute Gasteiger partial charge is 0.545 e. The lowest BCUT2D eigenvalue weighted by atomic mass is 9.77. The molecule has 0 N–H and O–H groups in total. The second-order valence-corrected chi connectivity index (χ2v) is 4.29. The molecule has 0 bridgehead atoms. The molecule has 0 saturated heterocycles. The van der Waals surface area contributed by atoms with Gasteiger partial charge in [-0.3, -0.25) is 0 Å². The molecule has 80 valence electrons. The molecule has 0 aliphatic heterocycles. The first kappa shape index (κ1) is 12.7. The van der Waals surface area contributed by atoms with E-state index < -0.39 is 17.9 Å². The minimum atomic E-state index is -1.51. The smallest absolute Gasteiger partial charge is 0.0678 e. The molecule has 0 aromatic carbocycles. The van der Waals surface area contributed by atoms with Crippen molar-refractivity contribution in [2.24, 2.45) is 11.3 Å². The van der Waals surface area contributed by atoms with E-state index in [1.54, 1.807) is 6.92 Å². The van der Waals surface area contributed by atoms with E-state index in [1.165, 1.54) is 0 Å². The number of carbonyl (C=O) groups is 2. The van der Waals surface area contributed by atoms with E-state index in [0.29, 0.717) is 6.08 Å². The van der Waals surface area contributed by atoms with Gasteiger partial charge in [-0.05, 0) is 23.0 Å². The zero-order chi connectivity index (χ0) is 11.5. The molecule has 0 aliphatic carbocycles. The van der Waals surface area contributed by atoms with E-state index in [1.807, 2.05) is 20.8 Å². The predicted molar refractivity (Wildman–Crippen MR) is 46.7 cm³/mol. The number of carboxylic acid groups (broad SMARTS) is 2. The third-order valence-electron chi connectivity index (χ3n) is 2.27. The fourth-order valence-electron chi connectivity index (χ4n) is 0.954. The zero-order valence-corrected chi connectivity index (χ0v) is 8.79. The van der Waals surface area contributed by atoms with Crippen molar-refractivity contribution < 1.29 is 19.8 Å². The van der Waals surface area contributed by atoms with Crippen LogP contribution in [0.25, 0.3) is 0 Å². The van der Waals surface area contributed by atoms with Crippen LogP contribution < -0.4 is 10.2 Å². The molecule has 4 nitrogen and oxygen atoms in total. The van der Waals surface area contributed by atoms with E-state index in [9.17, 15) is 19.8 Å². The Labute approximate surface area is 83.2 Å². The SMILES string of the molecule is CC(/C(=C\C(=O)[O-])C(=O)[O-])C(C)(C)C. The first-order valence-electron chi connectivity index (χ1n) is 4.30. The van der Waals surface area contributed by atoms with Crippen LogP contribution in [0.3, 0.4) is 0 Å². The summed E-state index contributed by atoms with van der Waals surface area (Å²) in [6.45, 7) is 7.11. The van der Waals surface area contributed by atoms with Crippen LogP contribution in [0.2, 0.25) is 0 Å². The van der Waals surface area contributed by atoms with Crippen molar-refractivity contribution in [2.75, 3.05) is 0 Å². The summed E-state index contributed by atoms with van der Waals surface area (Å²) in [6, 6.07) is 0. The molecule has 14 heavy (non-hydrogen) atoms. The lowest BCUT2D eigenvalue weighted by Crippen LogP contribution is -2.34. The summed E-state index contributed by atoms with van der Waals surface area (Å²) in [4.78, 5) is 20.9. The Morgan fingerprint density at radius 1 is 1.21 bits per heavy atom. The molecule has 0 rings (SSSR count). The molecule has 0 fully saturated rings. The maximum absolute atomic E-state index is 10.7. The highest BCUT2D eigenvalue weighted by atomic mass is 16.4. The third kappa shape index (κ3) is 3.60. The molecule has 1 unspecified atom stereocenters. The van der Waals surface area contributed by atoms with Gasteiger partial charge in [0.25, 0.3) is 0 Å². The molecule has 0 heterocycles. The Hall–Kier alpha value is -1.32.